The van der Waals surface area contributed by atoms with Crippen LogP contribution in [0.3, 0.4) is 0 Å². The monoisotopic (exact) mass is 312 g/mol. The van der Waals surface area contributed by atoms with Gasteiger partial charge in [0.2, 0.25) is 0 Å². The minimum atomic E-state index is -0.446. The maximum atomic E-state index is 11.7. The molecule has 130 valence electrons. The average molecular weight is 312 g/mol. The first-order valence-electron chi connectivity index (χ1n) is 8.51. The summed E-state index contributed by atoms with van der Waals surface area (Å²) in [5, 5.41) is 6.52. The molecule has 0 heterocycles. The van der Waals surface area contributed by atoms with Gasteiger partial charge in [0.25, 0.3) is 0 Å². The quantitative estimate of drug-likeness (QED) is 0.822. The summed E-state index contributed by atoms with van der Waals surface area (Å²) >= 11 is 0. The number of nitrogens with one attached hydrogen (secondary N) is 2. The van der Waals surface area contributed by atoms with Gasteiger partial charge < -0.3 is 15.4 Å². The molecule has 1 atom stereocenters. The third-order valence-corrected chi connectivity index (χ3v) is 4.03. The van der Waals surface area contributed by atoms with Crippen LogP contribution in [-0.4, -0.2) is 30.3 Å². The SMILES string of the molecule is CC(CNC(=O)OC(C)(C)C)NC1CC(C)(C)CC(C)(C)C1. The zero-order valence-electron chi connectivity index (χ0n) is 15.8. The molecule has 1 saturated carbocycles. The van der Waals surface area contributed by atoms with Crippen LogP contribution >= 0.6 is 0 Å². The van der Waals surface area contributed by atoms with Crippen molar-refractivity contribution in [2.45, 2.75) is 92.3 Å². The van der Waals surface area contributed by atoms with E-state index in [2.05, 4.69) is 45.3 Å². The fourth-order valence-corrected chi connectivity index (χ4v) is 3.98. The van der Waals surface area contributed by atoms with Gasteiger partial charge in [-0.1, -0.05) is 27.7 Å². The van der Waals surface area contributed by atoms with Crippen molar-refractivity contribution < 1.29 is 9.53 Å². The highest BCUT2D eigenvalue weighted by atomic mass is 16.6. The molecule has 1 aliphatic rings. The number of ether oxygens (including phenoxy) is 1. The zero-order valence-corrected chi connectivity index (χ0v) is 15.8. The first-order chi connectivity index (χ1) is 9.78. The standard InChI is InChI=1S/C18H36N2O2/c1-13(11-19-15(21)22-16(2,3)4)20-14-9-17(5,6)12-18(7,8)10-14/h13-14,20H,9-12H2,1-8H3,(H,19,21). The molecule has 0 aliphatic heterocycles. The fourth-order valence-electron chi connectivity index (χ4n) is 3.98. The molecule has 0 saturated heterocycles. The topological polar surface area (TPSA) is 50.4 Å². The Morgan fingerprint density at radius 2 is 1.68 bits per heavy atom. The Kier molecular flexibility index (Phi) is 5.94. The van der Waals surface area contributed by atoms with E-state index in [1.165, 1.54) is 19.3 Å². The zero-order chi connectivity index (χ0) is 17.2. The van der Waals surface area contributed by atoms with Crippen molar-refractivity contribution >= 4 is 6.09 Å². The maximum Gasteiger partial charge on any atom is 0.407 e. The van der Waals surface area contributed by atoms with Crippen molar-refractivity contribution in [3.8, 4) is 0 Å². The Bertz CT molecular complexity index is 367. The molecule has 4 nitrogen and oxygen atoms in total. The minimum absolute atomic E-state index is 0.238. The summed E-state index contributed by atoms with van der Waals surface area (Å²) in [6.07, 6.45) is 3.30. The van der Waals surface area contributed by atoms with Gasteiger partial charge in [0.15, 0.2) is 0 Å². The van der Waals surface area contributed by atoms with E-state index in [0.29, 0.717) is 23.4 Å². The molecule has 0 aromatic carbocycles. The van der Waals surface area contributed by atoms with Crippen LogP contribution < -0.4 is 10.6 Å². The van der Waals surface area contributed by atoms with Crippen LogP contribution in [0.15, 0.2) is 0 Å². The molecular weight excluding hydrogens is 276 g/mol. The Morgan fingerprint density at radius 3 is 2.14 bits per heavy atom. The van der Waals surface area contributed by atoms with Crippen LogP contribution in [0.25, 0.3) is 0 Å². The minimum Gasteiger partial charge on any atom is -0.444 e. The van der Waals surface area contributed by atoms with Crippen molar-refractivity contribution in [2.75, 3.05) is 6.54 Å². The van der Waals surface area contributed by atoms with Gasteiger partial charge in [-0.05, 0) is 57.8 Å². The molecule has 0 bridgehead atoms. The summed E-state index contributed by atoms with van der Waals surface area (Å²) in [5.74, 6) is 0. The highest BCUT2D eigenvalue weighted by Crippen LogP contribution is 2.45. The summed E-state index contributed by atoms with van der Waals surface area (Å²) in [6.45, 7) is 17.7. The van der Waals surface area contributed by atoms with Gasteiger partial charge in [-0.15, -0.1) is 0 Å². The molecule has 4 heteroatoms. The van der Waals surface area contributed by atoms with Gasteiger partial charge in [-0.2, -0.15) is 0 Å². The summed E-state index contributed by atoms with van der Waals surface area (Å²) in [6, 6.07) is 0.747. The molecule has 1 unspecified atom stereocenters. The predicted molar refractivity (Wildman–Crippen MR) is 92.0 cm³/mol. The molecule has 1 aliphatic carbocycles. The van der Waals surface area contributed by atoms with Crippen molar-refractivity contribution in [3.05, 3.63) is 0 Å². The molecule has 22 heavy (non-hydrogen) atoms. The molecule has 0 aromatic heterocycles. The van der Waals surface area contributed by atoms with Crippen LogP contribution in [0, 0.1) is 10.8 Å². The number of hydrogen-bond donors (Lipinski definition) is 2. The van der Waals surface area contributed by atoms with Crippen molar-refractivity contribution in [1.82, 2.24) is 10.6 Å². The molecule has 1 rings (SSSR count). The Balaban J connectivity index is 2.41. The highest BCUT2D eigenvalue weighted by Gasteiger charge is 2.38. The van der Waals surface area contributed by atoms with E-state index in [0.717, 1.165) is 0 Å². The Morgan fingerprint density at radius 1 is 1.18 bits per heavy atom. The Labute approximate surface area is 136 Å². The van der Waals surface area contributed by atoms with Gasteiger partial charge >= 0.3 is 6.09 Å². The van der Waals surface area contributed by atoms with E-state index >= 15 is 0 Å². The average Bonchev–Trinajstić information content (AvgIpc) is 2.19. The molecule has 0 radical (unpaired) electrons. The molecule has 1 fully saturated rings. The lowest BCUT2D eigenvalue weighted by molar-refractivity contribution is 0.0512. The van der Waals surface area contributed by atoms with E-state index in [4.69, 9.17) is 4.74 Å². The first kappa shape index (κ1) is 19.3. The van der Waals surface area contributed by atoms with Crippen LogP contribution in [0.4, 0.5) is 4.79 Å². The number of amides is 1. The molecule has 2 N–H and O–H groups in total. The van der Waals surface area contributed by atoms with Crippen LogP contribution in [-0.2, 0) is 4.74 Å². The number of carbonyl (C=O) groups excluding carboxylic acids is 1. The summed E-state index contributed by atoms with van der Waals surface area (Å²) in [4.78, 5) is 11.7. The van der Waals surface area contributed by atoms with Crippen LogP contribution in [0.1, 0.15) is 74.7 Å². The number of carbonyl (C=O) groups is 1. The van der Waals surface area contributed by atoms with Gasteiger partial charge in [0.05, 0.1) is 0 Å². The van der Waals surface area contributed by atoms with Crippen molar-refractivity contribution in [3.63, 3.8) is 0 Å². The third kappa shape index (κ3) is 7.48. The number of alkyl carbamates (subject to hydrolysis) is 1. The molecule has 0 aromatic rings. The lowest BCUT2D eigenvalue weighted by Crippen LogP contribution is -2.50. The van der Waals surface area contributed by atoms with Crippen LogP contribution in [0.2, 0.25) is 0 Å². The van der Waals surface area contributed by atoms with Gasteiger partial charge in [-0.25, -0.2) is 4.79 Å². The molecule has 0 spiro atoms. The van der Waals surface area contributed by atoms with Gasteiger partial charge in [0, 0.05) is 18.6 Å². The second-order valence-corrected chi connectivity index (χ2v) is 9.56. The maximum absolute atomic E-state index is 11.7. The van der Waals surface area contributed by atoms with E-state index in [-0.39, 0.29) is 12.1 Å². The summed E-state index contributed by atoms with van der Waals surface area (Å²) in [5.41, 5.74) is 0.299. The molecule has 1 amide bonds. The largest absolute Gasteiger partial charge is 0.444 e. The second-order valence-electron chi connectivity index (χ2n) is 9.56. The van der Waals surface area contributed by atoms with E-state index in [1.54, 1.807) is 0 Å². The van der Waals surface area contributed by atoms with E-state index < -0.39 is 5.60 Å². The summed E-state index contributed by atoms with van der Waals surface area (Å²) in [7, 11) is 0. The highest BCUT2D eigenvalue weighted by molar-refractivity contribution is 5.67. The normalized spacial score (nSPS) is 22.9. The third-order valence-electron chi connectivity index (χ3n) is 4.03. The number of rotatable bonds is 4. The van der Waals surface area contributed by atoms with E-state index in [1.807, 2.05) is 20.8 Å². The smallest absolute Gasteiger partial charge is 0.407 e. The van der Waals surface area contributed by atoms with Crippen LogP contribution in [0.5, 0.6) is 0 Å². The van der Waals surface area contributed by atoms with Crippen molar-refractivity contribution in [2.24, 2.45) is 10.8 Å². The van der Waals surface area contributed by atoms with E-state index in [9.17, 15) is 4.79 Å². The van der Waals surface area contributed by atoms with Gasteiger partial charge in [0.1, 0.15) is 5.60 Å². The Hall–Kier alpha value is -0.770. The summed E-state index contributed by atoms with van der Waals surface area (Å²) < 4.78 is 5.27. The van der Waals surface area contributed by atoms with Crippen molar-refractivity contribution in [1.29, 1.82) is 0 Å². The number of hydrogen-bond acceptors (Lipinski definition) is 3. The first-order valence-corrected chi connectivity index (χ1v) is 8.51. The van der Waals surface area contributed by atoms with Gasteiger partial charge in [-0.3, -0.25) is 0 Å². The fraction of sp³-hybridized carbons (Fsp3) is 0.944. The lowest BCUT2D eigenvalue weighted by Gasteiger charge is -2.46. The predicted octanol–water partition coefficient (Wildman–Crippen LogP) is 4.09. The lowest BCUT2D eigenvalue weighted by atomic mass is 9.63. The second kappa shape index (κ2) is 6.77. The molecular formula is C18H36N2O2.